The van der Waals surface area contributed by atoms with E-state index in [1.54, 1.807) is 13.3 Å². The molecule has 5 aromatic rings. The van der Waals surface area contributed by atoms with E-state index in [2.05, 4.69) is 63.1 Å². The van der Waals surface area contributed by atoms with Crippen LogP contribution in [0.15, 0.2) is 85.2 Å². The molecule has 0 bridgehead atoms. The van der Waals surface area contributed by atoms with Crippen LogP contribution in [0, 0.1) is 0 Å². The number of nitrogens with zero attached hydrogens (tertiary/aromatic N) is 5. The van der Waals surface area contributed by atoms with Crippen LogP contribution < -0.4 is 9.47 Å². The molecule has 0 atom stereocenters. The molecule has 6 rings (SSSR count). The predicted molar refractivity (Wildman–Crippen MR) is 164 cm³/mol. The standard InChI is InChI=1S/C31H33N5O2.2ClH/c1-37-30-21-24(9-10-26(30)23-34-16-4-5-17-34)22-36-29-8-3-2-7-28(29)33-31(36)25-11-13-27(14-12-25)38-20-19-35-18-6-15-32-35;;/h2-3,6-15,18,21H,4-5,16-17,19-20,22-23H2,1H3;2*1H. The number of benzene rings is 3. The molecule has 3 heterocycles. The molecule has 210 valence electrons. The summed E-state index contributed by atoms with van der Waals surface area (Å²) in [5, 5.41) is 4.22. The van der Waals surface area contributed by atoms with Crippen molar-refractivity contribution in [3.8, 4) is 22.9 Å². The van der Waals surface area contributed by atoms with E-state index in [-0.39, 0.29) is 24.8 Å². The fourth-order valence-corrected chi connectivity index (χ4v) is 5.23. The first-order chi connectivity index (χ1) is 18.8. The molecule has 1 aliphatic rings. The minimum absolute atomic E-state index is 0. The number of aromatic nitrogens is 4. The number of rotatable bonds is 10. The van der Waals surface area contributed by atoms with Gasteiger partial charge in [0.2, 0.25) is 0 Å². The Morgan fingerprint density at radius 2 is 1.68 bits per heavy atom. The molecule has 7 nitrogen and oxygen atoms in total. The molecule has 0 unspecified atom stereocenters. The molecule has 1 aliphatic heterocycles. The summed E-state index contributed by atoms with van der Waals surface area (Å²) in [6.45, 7) is 5.27. The fraction of sp³-hybridized carbons (Fsp3) is 0.290. The fourth-order valence-electron chi connectivity index (χ4n) is 5.23. The lowest BCUT2D eigenvalue weighted by Gasteiger charge is -2.18. The van der Waals surface area contributed by atoms with Gasteiger partial charge in [-0.15, -0.1) is 24.8 Å². The molecular weight excluding hydrogens is 545 g/mol. The largest absolute Gasteiger partial charge is 0.496 e. The maximum Gasteiger partial charge on any atom is 0.141 e. The summed E-state index contributed by atoms with van der Waals surface area (Å²) in [7, 11) is 1.77. The highest BCUT2D eigenvalue weighted by atomic mass is 35.5. The second kappa shape index (κ2) is 13.7. The number of halogens is 2. The molecule has 1 saturated heterocycles. The second-order valence-electron chi connectivity index (χ2n) is 9.78. The van der Waals surface area contributed by atoms with Crippen LogP contribution in [0.3, 0.4) is 0 Å². The highest BCUT2D eigenvalue weighted by Crippen LogP contribution is 2.29. The third kappa shape index (κ3) is 6.61. The van der Waals surface area contributed by atoms with Gasteiger partial charge in [-0.3, -0.25) is 9.58 Å². The minimum atomic E-state index is 0. The van der Waals surface area contributed by atoms with Crippen molar-refractivity contribution in [2.24, 2.45) is 0 Å². The van der Waals surface area contributed by atoms with Crippen LogP contribution in [0.25, 0.3) is 22.4 Å². The van der Waals surface area contributed by atoms with Crippen molar-refractivity contribution in [2.75, 3.05) is 26.8 Å². The van der Waals surface area contributed by atoms with Gasteiger partial charge in [-0.25, -0.2) is 4.98 Å². The van der Waals surface area contributed by atoms with E-state index in [0.29, 0.717) is 19.7 Å². The maximum absolute atomic E-state index is 5.93. The molecule has 0 amide bonds. The first kappa shape index (κ1) is 29.5. The second-order valence-corrected chi connectivity index (χ2v) is 9.78. The van der Waals surface area contributed by atoms with Crippen LogP contribution in [0.5, 0.6) is 11.5 Å². The molecule has 2 aromatic heterocycles. The van der Waals surface area contributed by atoms with Crippen LogP contribution in [-0.2, 0) is 19.6 Å². The molecule has 0 aliphatic carbocycles. The van der Waals surface area contributed by atoms with Gasteiger partial charge in [0, 0.05) is 36.6 Å². The zero-order valence-corrected chi connectivity index (χ0v) is 24.2. The van der Waals surface area contributed by atoms with Crippen molar-refractivity contribution >= 4 is 35.8 Å². The zero-order chi connectivity index (χ0) is 25.7. The van der Waals surface area contributed by atoms with E-state index in [1.807, 2.05) is 35.1 Å². The van der Waals surface area contributed by atoms with E-state index in [9.17, 15) is 0 Å². The third-order valence-electron chi connectivity index (χ3n) is 7.20. The van der Waals surface area contributed by atoms with Crippen LogP contribution in [0.2, 0.25) is 0 Å². The summed E-state index contributed by atoms with van der Waals surface area (Å²) in [6, 6.07) is 25.1. The Balaban J connectivity index is 0.00000185. The first-order valence-corrected chi connectivity index (χ1v) is 13.3. The van der Waals surface area contributed by atoms with Crippen LogP contribution >= 0.6 is 24.8 Å². The van der Waals surface area contributed by atoms with E-state index >= 15 is 0 Å². The first-order valence-electron chi connectivity index (χ1n) is 13.3. The lowest BCUT2D eigenvalue weighted by molar-refractivity contribution is 0.291. The Hall–Kier alpha value is -3.52. The van der Waals surface area contributed by atoms with Crippen molar-refractivity contribution in [3.63, 3.8) is 0 Å². The molecule has 0 N–H and O–H groups in total. The van der Waals surface area contributed by atoms with Gasteiger partial charge in [0.05, 0.1) is 24.7 Å². The molecule has 0 saturated carbocycles. The number of imidazole rings is 1. The average molecular weight is 581 g/mol. The van der Waals surface area contributed by atoms with Crippen molar-refractivity contribution in [2.45, 2.75) is 32.5 Å². The monoisotopic (exact) mass is 579 g/mol. The molecule has 0 radical (unpaired) electrons. The van der Waals surface area contributed by atoms with Crippen LogP contribution in [0.1, 0.15) is 24.0 Å². The van der Waals surface area contributed by atoms with Gasteiger partial charge in [-0.05, 0) is 80.0 Å². The molecule has 3 aromatic carbocycles. The Kier molecular flexibility index (Phi) is 10.1. The third-order valence-corrected chi connectivity index (χ3v) is 7.20. The van der Waals surface area contributed by atoms with Crippen LogP contribution in [-0.4, -0.2) is 51.0 Å². The van der Waals surface area contributed by atoms with Crippen LogP contribution in [0.4, 0.5) is 0 Å². The zero-order valence-electron chi connectivity index (χ0n) is 22.6. The lowest BCUT2D eigenvalue weighted by Crippen LogP contribution is -2.18. The summed E-state index contributed by atoms with van der Waals surface area (Å²) in [5.74, 6) is 2.73. The number of ether oxygens (including phenoxy) is 2. The molecule has 0 spiro atoms. The van der Waals surface area contributed by atoms with Crippen molar-refractivity contribution in [3.05, 3.63) is 96.3 Å². The predicted octanol–water partition coefficient (Wildman–Crippen LogP) is 6.48. The van der Waals surface area contributed by atoms with E-state index < -0.39 is 0 Å². The van der Waals surface area contributed by atoms with Gasteiger partial charge in [0.25, 0.3) is 0 Å². The van der Waals surface area contributed by atoms with Gasteiger partial charge in [0.15, 0.2) is 0 Å². The van der Waals surface area contributed by atoms with Gasteiger partial charge in [-0.2, -0.15) is 5.10 Å². The molecular formula is C31H35Cl2N5O2. The highest BCUT2D eigenvalue weighted by Gasteiger charge is 2.17. The van der Waals surface area contributed by atoms with Crippen molar-refractivity contribution in [1.29, 1.82) is 0 Å². The highest BCUT2D eigenvalue weighted by molar-refractivity contribution is 5.85. The Morgan fingerprint density at radius 1 is 0.875 bits per heavy atom. The average Bonchev–Trinajstić information content (AvgIpc) is 3.73. The molecule has 1 fully saturated rings. The van der Waals surface area contributed by atoms with Crippen molar-refractivity contribution in [1.82, 2.24) is 24.2 Å². The van der Waals surface area contributed by atoms with E-state index in [4.69, 9.17) is 14.5 Å². The SMILES string of the molecule is COc1cc(Cn2c(-c3ccc(OCCn4cccn4)cc3)nc3ccccc32)ccc1CN1CCCC1.Cl.Cl. The molecule has 40 heavy (non-hydrogen) atoms. The topological polar surface area (TPSA) is 57.3 Å². The quantitative estimate of drug-likeness (QED) is 0.189. The molecule has 9 heteroatoms. The number of fused-ring (bicyclic) bond motifs is 1. The Morgan fingerprint density at radius 3 is 2.42 bits per heavy atom. The summed E-state index contributed by atoms with van der Waals surface area (Å²) >= 11 is 0. The minimum Gasteiger partial charge on any atom is -0.496 e. The maximum atomic E-state index is 5.93. The van der Waals surface area contributed by atoms with Gasteiger partial charge >= 0.3 is 0 Å². The number of para-hydroxylation sites is 2. The normalized spacial score (nSPS) is 13.1. The number of methoxy groups -OCH3 is 1. The summed E-state index contributed by atoms with van der Waals surface area (Å²) in [4.78, 5) is 7.51. The lowest BCUT2D eigenvalue weighted by atomic mass is 10.1. The summed E-state index contributed by atoms with van der Waals surface area (Å²) in [6.07, 6.45) is 6.29. The number of hydrogen-bond acceptors (Lipinski definition) is 5. The van der Waals surface area contributed by atoms with E-state index in [0.717, 1.165) is 40.5 Å². The summed E-state index contributed by atoms with van der Waals surface area (Å²) < 4.78 is 15.9. The Labute approximate surface area is 247 Å². The Bertz CT molecular complexity index is 1500. The van der Waals surface area contributed by atoms with Gasteiger partial charge < -0.3 is 14.0 Å². The number of hydrogen-bond donors (Lipinski definition) is 0. The smallest absolute Gasteiger partial charge is 0.141 e. The summed E-state index contributed by atoms with van der Waals surface area (Å²) in [5.41, 5.74) is 5.59. The van der Waals surface area contributed by atoms with E-state index in [1.165, 1.54) is 37.1 Å². The van der Waals surface area contributed by atoms with Gasteiger partial charge in [0.1, 0.15) is 23.9 Å². The van der Waals surface area contributed by atoms with Crippen molar-refractivity contribution < 1.29 is 9.47 Å². The number of likely N-dealkylation sites (tertiary alicyclic amines) is 1. The van der Waals surface area contributed by atoms with Gasteiger partial charge in [-0.1, -0.05) is 24.3 Å².